The summed E-state index contributed by atoms with van der Waals surface area (Å²) >= 11 is 0. The van der Waals surface area contributed by atoms with Crippen LogP contribution in [0.5, 0.6) is 0 Å². The van der Waals surface area contributed by atoms with Crippen molar-refractivity contribution in [3.05, 3.63) is 30.0 Å². The molecule has 2 N–H and O–H groups in total. The molecule has 0 atom stereocenters. The van der Waals surface area contributed by atoms with E-state index in [4.69, 9.17) is 12.6 Å². The van der Waals surface area contributed by atoms with Gasteiger partial charge in [0, 0.05) is 23.6 Å². The van der Waals surface area contributed by atoms with Gasteiger partial charge in [0.05, 0.1) is 25.3 Å². The number of fused-ring (bicyclic) bond motifs is 1. The van der Waals surface area contributed by atoms with Gasteiger partial charge in [0.2, 0.25) is 0 Å². The summed E-state index contributed by atoms with van der Waals surface area (Å²) in [7, 11) is 6.28. The van der Waals surface area contributed by atoms with E-state index in [0.29, 0.717) is 36.2 Å². The molecule has 0 unspecified atom stereocenters. The molecule has 4 bridgehead atoms. The van der Waals surface area contributed by atoms with Crippen molar-refractivity contribution in [1.29, 1.82) is 0 Å². The summed E-state index contributed by atoms with van der Waals surface area (Å²) in [6, 6.07) is 5.70. The van der Waals surface area contributed by atoms with E-state index in [1.54, 1.807) is 0 Å². The van der Waals surface area contributed by atoms with Crippen molar-refractivity contribution in [2.45, 2.75) is 50.7 Å². The zero-order chi connectivity index (χ0) is 20.5. The minimum Gasteiger partial charge on any atom is -0.383 e. The van der Waals surface area contributed by atoms with E-state index in [1.807, 2.05) is 29.0 Å². The summed E-state index contributed by atoms with van der Waals surface area (Å²) in [5.74, 6) is 2.56. The molecule has 7 rings (SSSR count). The first-order valence-corrected chi connectivity index (χ1v) is 11.4. The van der Waals surface area contributed by atoms with Gasteiger partial charge in [0.15, 0.2) is 0 Å². The number of benzene rings is 1. The van der Waals surface area contributed by atoms with Crippen molar-refractivity contribution < 1.29 is 14.6 Å². The van der Waals surface area contributed by atoms with Crippen LogP contribution in [-0.2, 0) is 11.3 Å². The molecule has 2 heterocycles. The van der Waals surface area contributed by atoms with Crippen LogP contribution in [0, 0.1) is 23.2 Å². The number of hydrogen-bond donors (Lipinski definition) is 2. The fraction of sp³-hybridized carbons (Fsp3) is 0.625. The molecular weight excluding hydrogens is 375 g/mol. The molecule has 2 radical (unpaired) electrons. The quantitative estimate of drug-likeness (QED) is 0.751. The van der Waals surface area contributed by atoms with Gasteiger partial charge in [-0.1, -0.05) is 17.6 Å². The number of amides is 1. The Balaban J connectivity index is 1.26. The van der Waals surface area contributed by atoms with Crippen LogP contribution in [0.2, 0.25) is 0 Å². The van der Waals surface area contributed by atoms with Gasteiger partial charge >= 0.3 is 0 Å². The molecule has 1 aliphatic heterocycles. The maximum atomic E-state index is 13.3. The van der Waals surface area contributed by atoms with Gasteiger partial charge in [0.25, 0.3) is 5.91 Å². The van der Waals surface area contributed by atoms with Crippen LogP contribution in [-0.4, -0.2) is 48.8 Å². The number of carbonyl (C=O) groups is 1. The van der Waals surface area contributed by atoms with Crippen LogP contribution in [0.4, 0.5) is 0 Å². The minimum atomic E-state index is -0.872. The van der Waals surface area contributed by atoms with Gasteiger partial charge in [-0.25, -0.2) is 0 Å². The highest BCUT2D eigenvalue weighted by Crippen LogP contribution is 2.59. The predicted molar refractivity (Wildman–Crippen MR) is 116 cm³/mol. The molecule has 156 valence electrons. The van der Waals surface area contributed by atoms with E-state index in [2.05, 4.69) is 5.32 Å². The number of hydrogen-bond acceptors (Lipinski definition) is 3. The average molecular weight is 404 g/mol. The summed E-state index contributed by atoms with van der Waals surface area (Å²) < 4.78 is 7.14. The molecule has 0 spiro atoms. The Labute approximate surface area is 178 Å². The number of rotatable bonds is 5. The van der Waals surface area contributed by atoms with Crippen molar-refractivity contribution in [1.82, 2.24) is 9.88 Å². The molecule has 1 aromatic carbocycles. The smallest absolute Gasteiger partial charge is 0.253 e. The normalized spacial score (nSPS) is 33.6. The molecule has 1 aromatic heterocycles. The number of aliphatic hydroxyl groups is 1. The fourth-order valence-electron chi connectivity index (χ4n) is 7.30. The van der Waals surface area contributed by atoms with Gasteiger partial charge < -0.3 is 19.7 Å². The minimum absolute atomic E-state index is 0.0516. The lowest BCUT2D eigenvalue weighted by Gasteiger charge is -2.56. The summed E-state index contributed by atoms with van der Waals surface area (Å²) in [5.41, 5.74) is 1.52. The van der Waals surface area contributed by atoms with Crippen molar-refractivity contribution in [2.75, 3.05) is 19.8 Å². The first-order valence-electron chi connectivity index (χ1n) is 11.4. The lowest BCUT2D eigenvalue weighted by molar-refractivity contribution is -0.184. The number of carbonyl (C=O) groups excluding carboxylic acids is 1. The summed E-state index contributed by atoms with van der Waals surface area (Å²) in [4.78, 5) is 13.3. The van der Waals surface area contributed by atoms with Crippen LogP contribution < -0.4 is 10.8 Å². The monoisotopic (exact) mass is 404 g/mol. The molecule has 4 saturated carbocycles. The van der Waals surface area contributed by atoms with Crippen molar-refractivity contribution >= 4 is 30.1 Å². The predicted octanol–water partition coefficient (Wildman–Crippen LogP) is 2.14. The molecule has 1 saturated heterocycles. The van der Waals surface area contributed by atoms with Gasteiger partial charge in [-0.05, 0) is 67.8 Å². The van der Waals surface area contributed by atoms with Gasteiger partial charge in [-0.2, -0.15) is 0 Å². The van der Waals surface area contributed by atoms with Crippen LogP contribution in [0.3, 0.4) is 0 Å². The second kappa shape index (κ2) is 6.60. The van der Waals surface area contributed by atoms with Crippen molar-refractivity contribution in [2.24, 2.45) is 23.2 Å². The maximum absolute atomic E-state index is 13.3. The molecule has 5 aliphatic rings. The van der Waals surface area contributed by atoms with Crippen LogP contribution in [0.25, 0.3) is 10.9 Å². The van der Waals surface area contributed by atoms with E-state index >= 15 is 0 Å². The van der Waals surface area contributed by atoms with E-state index < -0.39 is 5.60 Å². The maximum Gasteiger partial charge on any atom is 0.253 e. The third-order valence-electron chi connectivity index (χ3n) is 8.18. The van der Waals surface area contributed by atoms with E-state index in [0.717, 1.165) is 35.2 Å². The van der Waals surface area contributed by atoms with Gasteiger partial charge in [-0.15, -0.1) is 0 Å². The second-order valence-electron chi connectivity index (χ2n) is 10.7. The third-order valence-corrected chi connectivity index (χ3v) is 8.18. The Hall–Kier alpha value is -1.79. The molecule has 4 aliphatic carbocycles. The Morgan fingerprint density at radius 2 is 1.83 bits per heavy atom. The largest absolute Gasteiger partial charge is 0.383 e. The standard InChI is InChI=1S/C24H29BN2O3/c25-19-2-1-3-20-21(19)18(10-27(20)12-24(29)13-30-14-24)22(28)26-11-23-7-15-4-16(8-23)6-17(5-15)9-23/h1-3,10,15-17,29H,4-9,11-14H2,(H,26,28). The van der Waals surface area contributed by atoms with Crippen LogP contribution in [0.15, 0.2) is 24.4 Å². The highest BCUT2D eigenvalue weighted by Gasteiger charge is 2.50. The Morgan fingerprint density at radius 1 is 1.17 bits per heavy atom. The summed E-state index contributed by atoms with van der Waals surface area (Å²) in [6.45, 7) is 1.81. The number of nitrogens with zero attached hydrogens (tertiary/aromatic N) is 1. The molecular formula is C24H29BN2O3. The van der Waals surface area contributed by atoms with E-state index in [9.17, 15) is 9.90 Å². The fourth-order valence-corrected chi connectivity index (χ4v) is 7.30. The number of ether oxygens (including phenoxy) is 1. The van der Waals surface area contributed by atoms with Crippen LogP contribution in [0.1, 0.15) is 48.9 Å². The van der Waals surface area contributed by atoms with Gasteiger partial charge in [-0.3, -0.25) is 4.79 Å². The zero-order valence-electron chi connectivity index (χ0n) is 17.4. The highest BCUT2D eigenvalue weighted by molar-refractivity contribution is 6.40. The Morgan fingerprint density at radius 3 is 2.43 bits per heavy atom. The molecule has 6 heteroatoms. The molecule has 5 fully saturated rings. The lowest BCUT2D eigenvalue weighted by atomic mass is 9.49. The zero-order valence-corrected chi connectivity index (χ0v) is 17.4. The first-order chi connectivity index (χ1) is 14.4. The van der Waals surface area contributed by atoms with E-state index in [-0.39, 0.29) is 5.91 Å². The van der Waals surface area contributed by atoms with Crippen LogP contribution >= 0.6 is 0 Å². The van der Waals surface area contributed by atoms with Gasteiger partial charge in [0.1, 0.15) is 13.4 Å². The van der Waals surface area contributed by atoms with E-state index in [1.165, 1.54) is 38.5 Å². The summed E-state index contributed by atoms with van der Waals surface area (Å²) in [5, 5.41) is 14.6. The lowest BCUT2D eigenvalue weighted by Crippen LogP contribution is -2.52. The third kappa shape index (κ3) is 3.03. The molecule has 2 aromatic rings. The molecule has 1 amide bonds. The number of aromatic nitrogens is 1. The Kier molecular flexibility index (Phi) is 4.17. The molecule has 30 heavy (non-hydrogen) atoms. The second-order valence-corrected chi connectivity index (χ2v) is 10.7. The summed E-state index contributed by atoms with van der Waals surface area (Å²) in [6.07, 6.45) is 9.90. The topological polar surface area (TPSA) is 63.5 Å². The SMILES string of the molecule is [B]c1cccc2c1c(C(=O)NCC13CC4CC(CC(C4)C1)C3)cn2CC1(O)COC1. The Bertz CT molecular complexity index is 974. The first kappa shape index (κ1) is 18.9. The molecule has 5 nitrogen and oxygen atoms in total. The van der Waals surface area contributed by atoms with Crippen molar-refractivity contribution in [3.8, 4) is 0 Å². The average Bonchev–Trinajstić information content (AvgIpc) is 3.04. The van der Waals surface area contributed by atoms with Crippen molar-refractivity contribution in [3.63, 3.8) is 0 Å². The number of nitrogens with one attached hydrogen (secondary N) is 1. The highest BCUT2D eigenvalue weighted by atomic mass is 16.5.